The molecule has 1 heterocycles. The SMILES string of the molecule is Cc1cccc(OCC(=O)NCC2CN(Cc3ccccc3)CCO2)c1. The van der Waals surface area contributed by atoms with E-state index in [0.29, 0.717) is 18.9 Å². The normalized spacial score (nSPS) is 17.7. The molecule has 1 saturated heterocycles. The maximum atomic E-state index is 12.0. The van der Waals surface area contributed by atoms with Crippen LogP contribution in [-0.4, -0.2) is 49.8 Å². The Bertz CT molecular complexity index is 705. The van der Waals surface area contributed by atoms with Crippen LogP contribution in [0.2, 0.25) is 0 Å². The molecule has 0 saturated carbocycles. The summed E-state index contributed by atoms with van der Waals surface area (Å²) in [6, 6.07) is 18.1. The molecule has 1 aliphatic heterocycles. The van der Waals surface area contributed by atoms with Crippen molar-refractivity contribution >= 4 is 5.91 Å². The zero-order valence-corrected chi connectivity index (χ0v) is 15.2. The second-order valence-corrected chi connectivity index (χ2v) is 6.62. The lowest BCUT2D eigenvalue weighted by Crippen LogP contribution is -2.47. The molecule has 1 atom stereocenters. The maximum Gasteiger partial charge on any atom is 0.258 e. The standard InChI is InChI=1S/C21H26N2O3/c1-17-6-5-9-19(12-17)26-16-21(24)22-13-20-15-23(10-11-25-20)14-18-7-3-2-4-8-18/h2-9,12,20H,10-11,13-16H2,1H3,(H,22,24). The minimum atomic E-state index is -0.129. The molecule has 0 bridgehead atoms. The smallest absolute Gasteiger partial charge is 0.258 e. The lowest BCUT2D eigenvalue weighted by Gasteiger charge is -2.33. The van der Waals surface area contributed by atoms with Crippen molar-refractivity contribution in [2.24, 2.45) is 0 Å². The molecule has 138 valence electrons. The van der Waals surface area contributed by atoms with E-state index in [-0.39, 0.29) is 18.6 Å². The average molecular weight is 354 g/mol. The van der Waals surface area contributed by atoms with Gasteiger partial charge in [-0.3, -0.25) is 9.69 Å². The van der Waals surface area contributed by atoms with Gasteiger partial charge in [0.1, 0.15) is 5.75 Å². The number of carbonyl (C=O) groups excluding carboxylic acids is 1. The summed E-state index contributed by atoms with van der Waals surface area (Å²) in [6.07, 6.45) is 0.00961. The van der Waals surface area contributed by atoms with E-state index in [4.69, 9.17) is 9.47 Å². The van der Waals surface area contributed by atoms with E-state index < -0.39 is 0 Å². The molecule has 2 aromatic rings. The van der Waals surface area contributed by atoms with Crippen molar-refractivity contribution < 1.29 is 14.3 Å². The summed E-state index contributed by atoms with van der Waals surface area (Å²) in [5, 5.41) is 2.91. The van der Waals surface area contributed by atoms with E-state index in [1.54, 1.807) is 0 Å². The van der Waals surface area contributed by atoms with Crippen LogP contribution in [0.3, 0.4) is 0 Å². The number of carbonyl (C=O) groups is 1. The Hall–Kier alpha value is -2.37. The molecule has 1 unspecified atom stereocenters. The fraction of sp³-hybridized carbons (Fsp3) is 0.381. The van der Waals surface area contributed by atoms with Gasteiger partial charge in [-0.25, -0.2) is 0 Å². The first-order valence-corrected chi connectivity index (χ1v) is 9.03. The van der Waals surface area contributed by atoms with E-state index in [1.807, 2.05) is 37.3 Å². The predicted molar refractivity (Wildman–Crippen MR) is 101 cm³/mol. The van der Waals surface area contributed by atoms with Crippen molar-refractivity contribution in [3.05, 3.63) is 65.7 Å². The van der Waals surface area contributed by atoms with Gasteiger partial charge in [-0.1, -0.05) is 42.5 Å². The lowest BCUT2D eigenvalue weighted by atomic mass is 10.2. The van der Waals surface area contributed by atoms with Crippen molar-refractivity contribution in [3.63, 3.8) is 0 Å². The molecule has 3 rings (SSSR count). The number of amides is 1. The van der Waals surface area contributed by atoms with E-state index in [0.717, 1.165) is 25.2 Å². The molecule has 1 N–H and O–H groups in total. The largest absolute Gasteiger partial charge is 0.484 e. The van der Waals surface area contributed by atoms with Crippen LogP contribution in [0.15, 0.2) is 54.6 Å². The Kier molecular flexibility index (Phi) is 6.63. The van der Waals surface area contributed by atoms with Gasteiger partial charge in [0.25, 0.3) is 5.91 Å². The number of hydrogen-bond donors (Lipinski definition) is 1. The van der Waals surface area contributed by atoms with E-state index in [2.05, 4.69) is 34.5 Å². The number of aryl methyl sites for hydroxylation is 1. The van der Waals surface area contributed by atoms with Crippen LogP contribution in [0.5, 0.6) is 5.75 Å². The third kappa shape index (κ3) is 5.86. The Morgan fingerprint density at radius 1 is 1.23 bits per heavy atom. The van der Waals surface area contributed by atoms with E-state index in [1.165, 1.54) is 5.56 Å². The quantitative estimate of drug-likeness (QED) is 0.830. The first-order valence-electron chi connectivity index (χ1n) is 9.03. The molecule has 0 radical (unpaired) electrons. The number of benzene rings is 2. The van der Waals surface area contributed by atoms with E-state index in [9.17, 15) is 4.79 Å². The summed E-state index contributed by atoms with van der Waals surface area (Å²) in [6.45, 7) is 5.84. The van der Waals surface area contributed by atoms with Crippen LogP contribution in [0.1, 0.15) is 11.1 Å². The summed E-state index contributed by atoms with van der Waals surface area (Å²) in [7, 11) is 0. The summed E-state index contributed by atoms with van der Waals surface area (Å²) < 4.78 is 11.3. The number of ether oxygens (including phenoxy) is 2. The second kappa shape index (κ2) is 9.36. The molecular formula is C21H26N2O3. The number of morpholine rings is 1. The molecule has 0 aromatic heterocycles. The second-order valence-electron chi connectivity index (χ2n) is 6.62. The average Bonchev–Trinajstić information content (AvgIpc) is 2.66. The van der Waals surface area contributed by atoms with Gasteiger partial charge >= 0.3 is 0 Å². The Morgan fingerprint density at radius 2 is 2.08 bits per heavy atom. The van der Waals surface area contributed by atoms with Crippen LogP contribution >= 0.6 is 0 Å². The van der Waals surface area contributed by atoms with Crippen LogP contribution in [0.25, 0.3) is 0 Å². The first-order chi connectivity index (χ1) is 12.7. The first kappa shape index (κ1) is 18.4. The van der Waals surface area contributed by atoms with Gasteiger partial charge in [0, 0.05) is 26.2 Å². The molecule has 26 heavy (non-hydrogen) atoms. The fourth-order valence-electron chi connectivity index (χ4n) is 3.02. The molecule has 1 fully saturated rings. The topological polar surface area (TPSA) is 50.8 Å². The highest BCUT2D eigenvalue weighted by atomic mass is 16.5. The highest BCUT2D eigenvalue weighted by molar-refractivity contribution is 5.77. The summed E-state index contributed by atoms with van der Waals surface area (Å²) in [4.78, 5) is 14.4. The van der Waals surface area contributed by atoms with Gasteiger partial charge < -0.3 is 14.8 Å². The number of rotatable bonds is 7. The Morgan fingerprint density at radius 3 is 2.88 bits per heavy atom. The van der Waals surface area contributed by atoms with Crippen molar-refractivity contribution in [1.29, 1.82) is 0 Å². The minimum absolute atomic E-state index is 0.00961. The van der Waals surface area contributed by atoms with Crippen molar-refractivity contribution in [3.8, 4) is 5.75 Å². The summed E-state index contributed by atoms with van der Waals surface area (Å²) in [5.41, 5.74) is 2.40. The Balaban J connectivity index is 1.39. The number of hydrogen-bond acceptors (Lipinski definition) is 4. The highest BCUT2D eigenvalue weighted by Crippen LogP contribution is 2.12. The van der Waals surface area contributed by atoms with Gasteiger partial charge in [0.2, 0.25) is 0 Å². The van der Waals surface area contributed by atoms with Gasteiger partial charge in [0.05, 0.1) is 12.7 Å². The molecule has 2 aromatic carbocycles. The van der Waals surface area contributed by atoms with E-state index >= 15 is 0 Å². The molecular weight excluding hydrogens is 328 g/mol. The molecule has 1 amide bonds. The predicted octanol–water partition coefficient (Wildman–Crippen LogP) is 2.39. The summed E-state index contributed by atoms with van der Waals surface area (Å²) >= 11 is 0. The van der Waals surface area contributed by atoms with Crippen LogP contribution in [0.4, 0.5) is 0 Å². The van der Waals surface area contributed by atoms with Crippen LogP contribution in [-0.2, 0) is 16.1 Å². The molecule has 0 spiro atoms. The number of nitrogens with zero attached hydrogens (tertiary/aromatic N) is 1. The molecule has 5 nitrogen and oxygen atoms in total. The van der Waals surface area contributed by atoms with Gasteiger partial charge in [-0.2, -0.15) is 0 Å². The highest BCUT2D eigenvalue weighted by Gasteiger charge is 2.21. The monoisotopic (exact) mass is 354 g/mol. The third-order valence-electron chi connectivity index (χ3n) is 4.36. The Labute approximate surface area is 154 Å². The van der Waals surface area contributed by atoms with Crippen molar-refractivity contribution in [2.75, 3.05) is 32.8 Å². The number of nitrogens with one attached hydrogen (secondary N) is 1. The molecule has 1 aliphatic rings. The zero-order chi connectivity index (χ0) is 18.2. The van der Waals surface area contributed by atoms with Gasteiger partial charge in [-0.05, 0) is 30.2 Å². The lowest BCUT2D eigenvalue weighted by molar-refractivity contribution is -0.124. The van der Waals surface area contributed by atoms with Gasteiger partial charge in [-0.15, -0.1) is 0 Å². The summed E-state index contributed by atoms with van der Waals surface area (Å²) in [5.74, 6) is 0.582. The van der Waals surface area contributed by atoms with Gasteiger partial charge in [0.15, 0.2) is 6.61 Å². The zero-order valence-electron chi connectivity index (χ0n) is 15.2. The molecule has 0 aliphatic carbocycles. The minimum Gasteiger partial charge on any atom is -0.484 e. The van der Waals surface area contributed by atoms with Crippen LogP contribution < -0.4 is 10.1 Å². The van der Waals surface area contributed by atoms with Crippen molar-refractivity contribution in [2.45, 2.75) is 19.6 Å². The fourth-order valence-corrected chi connectivity index (χ4v) is 3.02. The molecule has 5 heteroatoms. The van der Waals surface area contributed by atoms with Crippen LogP contribution in [0, 0.1) is 6.92 Å². The van der Waals surface area contributed by atoms with Crippen molar-refractivity contribution in [1.82, 2.24) is 10.2 Å². The maximum absolute atomic E-state index is 12.0. The third-order valence-corrected chi connectivity index (χ3v) is 4.36.